The van der Waals surface area contributed by atoms with Crippen molar-refractivity contribution in [3.8, 4) is 11.5 Å². The summed E-state index contributed by atoms with van der Waals surface area (Å²) in [5.74, 6) is 0.855. The van der Waals surface area contributed by atoms with Crippen LogP contribution in [0.25, 0.3) is 0 Å². The quantitative estimate of drug-likeness (QED) is 0.422. The van der Waals surface area contributed by atoms with Crippen molar-refractivity contribution in [3.05, 3.63) is 95.6 Å². The van der Waals surface area contributed by atoms with Gasteiger partial charge in [-0.2, -0.15) is 0 Å². The number of benzene rings is 3. The van der Waals surface area contributed by atoms with Crippen molar-refractivity contribution in [2.45, 2.75) is 39.3 Å². The van der Waals surface area contributed by atoms with Gasteiger partial charge in [0.25, 0.3) is 5.91 Å². The minimum absolute atomic E-state index is 0.167. The van der Waals surface area contributed by atoms with Crippen molar-refractivity contribution in [3.63, 3.8) is 0 Å². The summed E-state index contributed by atoms with van der Waals surface area (Å²) in [4.78, 5) is 28.3. The first kappa shape index (κ1) is 25.8. The van der Waals surface area contributed by atoms with E-state index in [2.05, 4.69) is 12.2 Å². The van der Waals surface area contributed by atoms with Crippen molar-refractivity contribution in [1.82, 2.24) is 10.2 Å². The smallest absolute Gasteiger partial charge is 0.261 e. The van der Waals surface area contributed by atoms with Gasteiger partial charge in [-0.15, -0.1) is 0 Å². The summed E-state index contributed by atoms with van der Waals surface area (Å²) in [6.45, 7) is 4.52. The molecule has 0 aliphatic rings. The van der Waals surface area contributed by atoms with Gasteiger partial charge in [0.05, 0.1) is 7.11 Å². The highest BCUT2D eigenvalue weighted by atomic mass is 16.5. The summed E-state index contributed by atoms with van der Waals surface area (Å²) < 4.78 is 11.2. The molecule has 6 nitrogen and oxygen atoms in total. The predicted octanol–water partition coefficient (Wildman–Crippen LogP) is 4.41. The van der Waals surface area contributed by atoms with Crippen molar-refractivity contribution in [2.24, 2.45) is 0 Å². The number of carbonyl (C=O) groups is 2. The minimum Gasteiger partial charge on any atom is -0.497 e. The zero-order chi connectivity index (χ0) is 25.0. The third kappa shape index (κ3) is 7.60. The van der Waals surface area contributed by atoms with Gasteiger partial charge in [0.15, 0.2) is 6.61 Å². The maximum Gasteiger partial charge on any atom is 0.261 e. The first-order valence-corrected chi connectivity index (χ1v) is 12.0. The molecule has 3 rings (SSSR count). The maximum atomic E-state index is 13.5. The third-order valence-corrected chi connectivity index (χ3v) is 5.80. The van der Waals surface area contributed by atoms with Crippen LogP contribution in [0.15, 0.2) is 78.9 Å². The van der Waals surface area contributed by atoms with Crippen LogP contribution in [-0.2, 0) is 29.0 Å². The van der Waals surface area contributed by atoms with Gasteiger partial charge in [0, 0.05) is 19.5 Å². The van der Waals surface area contributed by atoms with Crippen molar-refractivity contribution in [2.75, 3.05) is 20.3 Å². The van der Waals surface area contributed by atoms with Crippen LogP contribution < -0.4 is 14.8 Å². The number of likely N-dealkylation sites (N-methyl/N-ethyl adjacent to an activating group) is 1. The monoisotopic (exact) mass is 474 g/mol. The SMILES string of the molecule is CCNC(=O)[C@H](Cc1ccccc1)N(Cc1cccc(OC)c1)C(=O)COc1ccc(CC)cc1. The van der Waals surface area contributed by atoms with E-state index in [0.717, 1.165) is 17.5 Å². The molecule has 6 heteroatoms. The molecule has 0 spiro atoms. The molecular weight excluding hydrogens is 440 g/mol. The van der Waals surface area contributed by atoms with E-state index in [4.69, 9.17) is 9.47 Å². The number of hydrogen-bond donors (Lipinski definition) is 1. The molecule has 0 saturated heterocycles. The molecule has 0 radical (unpaired) electrons. The Bertz CT molecular complexity index is 1080. The largest absolute Gasteiger partial charge is 0.497 e. The molecule has 35 heavy (non-hydrogen) atoms. The Kier molecular flexibility index (Phi) is 9.72. The molecule has 0 aliphatic carbocycles. The van der Waals surface area contributed by atoms with E-state index in [0.29, 0.717) is 24.5 Å². The topological polar surface area (TPSA) is 67.9 Å². The Morgan fingerprint density at radius 2 is 1.57 bits per heavy atom. The van der Waals surface area contributed by atoms with Crippen LogP contribution in [0.5, 0.6) is 11.5 Å². The average Bonchev–Trinajstić information content (AvgIpc) is 2.90. The summed E-state index contributed by atoms with van der Waals surface area (Å²) in [6, 6.07) is 24.3. The molecule has 0 fully saturated rings. The standard InChI is InChI=1S/C29H34N2O4/c1-4-22-14-16-25(17-15-22)35-21-28(32)31(20-24-12-9-13-26(18-24)34-3)27(29(33)30-5-2)19-23-10-7-6-8-11-23/h6-18,27H,4-5,19-21H2,1-3H3,(H,30,33)/t27-/m0/s1. The lowest BCUT2D eigenvalue weighted by Gasteiger charge is -2.31. The number of aryl methyl sites for hydroxylation is 1. The Morgan fingerprint density at radius 1 is 0.857 bits per heavy atom. The fraction of sp³-hybridized carbons (Fsp3) is 0.310. The Balaban J connectivity index is 1.88. The van der Waals surface area contributed by atoms with Crippen molar-refractivity contribution in [1.29, 1.82) is 0 Å². The van der Waals surface area contributed by atoms with Gasteiger partial charge in [0.2, 0.25) is 5.91 Å². The first-order valence-electron chi connectivity index (χ1n) is 12.0. The number of hydrogen-bond acceptors (Lipinski definition) is 4. The summed E-state index contributed by atoms with van der Waals surface area (Å²) in [5.41, 5.74) is 3.04. The van der Waals surface area contributed by atoms with Gasteiger partial charge >= 0.3 is 0 Å². The van der Waals surface area contributed by atoms with E-state index in [1.54, 1.807) is 12.0 Å². The molecule has 184 valence electrons. The third-order valence-electron chi connectivity index (χ3n) is 5.80. The van der Waals surface area contributed by atoms with Crippen molar-refractivity contribution < 1.29 is 19.1 Å². The number of amides is 2. The summed E-state index contributed by atoms with van der Waals surface area (Å²) in [7, 11) is 1.60. The van der Waals surface area contributed by atoms with E-state index in [-0.39, 0.29) is 25.0 Å². The van der Waals surface area contributed by atoms with E-state index >= 15 is 0 Å². The molecular formula is C29H34N2O4. The van der Waals surface area contributed by atoms with Crippen LogP contribution in [0.3, 0.4) is 0 Å². The zero-order valence-corrected chi connectivity index (χ0v) is 20.7. The highest BCUT2D eigenvalue weighted by molar-refractivity contribution is 5.88. The van der Waals surface area contributed by atoms with Gasteiger partial charge in [-0.25, -0.2) is 0 Å². The zero-order valence-electron chi connectivity index (χ0n) is 20.7. The maximum absolute atomic E-state index is 13.5. The normalized spacial score (nSPS) is 11.4. The molecule has 3 aromatic carbocycles. The van der Waals surface area contributed by atoms with Crippen LogP contribution in [0.1, 0.15) is 30.5 Å². The van der Waals surface area contributed by atoms with Crippen LogP contribution in [0.4, 0.5) is 0 Å². The molecule has 3 aromatic rings. The number of ether oxygens (including phenoxy) is 2. The molecule has 1 N–H and O–H groups in total. The van der Waals surface area contributed by atoms with Gasteiger partial charge in [-0.05, 0) is 54.3 Å². The van der Waals surface area contributed by atoms with Crippen LogP contribution in [-0.4, -0.2) is 43.0 Å². The lowest BCUT2D eigenvalue weighted by molar-refractivity contribution is -0.142. The average molecular weight is 475 g/mol. The summed E-state index contributed by atoms with van der Waals surface area (Å²) >= 11 is 0. The lowest BCUT2D eigenvalue weighted by Crippen LogP contribution is -2.51. The molecule has 0 bridgehead atoms. The first-order chi connectivity index (χ1) is 17.0. The highest BCUT2D eigenvalue weighted by Gasteiger charge is 2.30. The fourth-order valence-electron chi connectivity index (χ4n) is 3.86. The number of rotatable bonds is 12. The second-order valence-electron chi connectivity index (χ2n) is 8.26. The molecule has 0 aromatic heterocycles. The molecule has 1 atom stereocenters. The van der Waals surface area contributed by atoms with E-state index < -0.39 is 6.04 Å². The molecule has 0 aliphatic heterocycles. The number of nitrogens with zero attached hydrogens (tertiary/aromatic N) is 1. The van der Waals surface area contributed by atoms with Crippen LogP contribution in [0.2, 0.25) is 0 Å². The highest BCUT2D eigenvalue weighted by Crippen LogP contribution is 2.19. The van der Waals surface area contributed by atoms with E-state index in [1.807, 2.05) is 85.8 Å². The van der Waals surface area contributed by atoms with Gasteiger partial charge in [-0.1, -0.05) is 61.5 Å². The Labute approximate surface area is 207 Å². The second kappa shape index (κ2) is 13.2. The van der Waals surface area contributed by atoms with Gasteiger partial charge in [0.1, 0.15) is 17.5 Å². The summed E-state index contributed by atoms with van der Waals surface area (Å²) in [5, 5.41) is 2.90. The Hall–Kier alpha value is -3.80. The summed E-state index contributed by atoms with van der Waals surface area (Å²) in [6.07, 6.45) is 1.33. The van der Waals surface area contributed by atoms with Gasteiger partial charge < -0.3 is 19.7 Å². The Morgan fingerprint density at radius 3 is 2.23 bits per heavy atom. The molecule has 2 amide bonds. The number of carbonyl (C=O) groups excluding carboxylic acids is 2. The van der Waals surface area contributed by atoms with Crippen molar-refractivity contribution >= 4 is 11.8 Å². The number of nitrogens with one attached hydrogen (secondary N) is 1. The van der Waals surface area contributed by atoms with E-state index in [1.165, 1.54) is 5.56 Å². The van der Waals surface area contributed by atoms with Gasteiger partial charge in [-0.3, -0.25) is 9.59 Å². The molecule has 0 unspecified atom stereocenters. The van der Waals surface area contributed by atoms with E-state index in [9.17, 15) is 9.59 Å². The van der Waals surface area contributed by atoms with Crippen LogP contribution in [0, 0.1) is 0 Å². The lowest BCUT2D eigenvalue weighted by atomic mass is 10.0. The second-order valence-corrected chi connectivity index (χ2v) is 8.26. The minimum atomic E-state index is -0.692. The molecule has 0 heterocycles. The predicted molar refractivity (Wildman–Crippen MR) is 137 cm³/mol. The van der Waals surface area contributed by atoms with Crippen LogP contribution >= 0.6 is 0 Å². The number of methoxy groups -OCH3 is 1. The molecule has 0 saturated carbocycles. The fourth-order valence-corrected chi connectivity index (χ4v) is 3.86.